The molecular formula is C19H21F2N3O. The van der Waals surface area contributed by atoms with Crippen LogP contribution >= 0.6 is 0 Å². The van der Waals surface area contributed by atoms with E-state index in [2.05, 4.69) is 15.1 Å². The number of hydrogen-bond acceptors (Lipinski definition) is 3. The molecule has 0 unspecified atom stereocenters. The molecule has 3 rings (SSSR count). The number of piperazine rings is 1. The van der Waals surface area contributed by atoms with E-state index in [0.29, 0.717) is 12.2 Å². The van der Waals surface area contributed by atoms with Crippen LogP contribution in [0.25, 0.3) is 0 Å². The van der Waals surface area contributed by atoms with Crippen molar-refractivity contribution in [1.29, 1.82) is 0 Å². The zero-order valence-electron chi connectivity index (χ0n) is 13.9. The normalized spacial score (nSPS) is 15.9. The third-order valence-corrected chi connectivity index (χ3v) is 4.28. The quantitative estimate of drug-likeness (QED) is 0.905. The molecule has 1 heterocycles. The van der Waals surface area contributed by atoms with E-state index in [1.165, 1.54) is 24.3 Å². The van der Waals surface area contributed by atoms with Crippen LogP contribution in [0.1, 0.15) is 5.56 Å². The van der Waals surface area contributed by atoms with Crippen molar-refractivity contribution in [2.45, 2.75) is 6.54 Å². The highest BCUT2D eigenvalue weighted by Crippen LogP contribution is 2.11. The van der Waals surface area contributed by atoms with E-state index in [4.69, 9.17) is 0 Å². The Hall–Kier alpha value is -2.31. The second-order valence-corrected chi connectivity index (χ2v) is 6.23. The van der Waals surface area contributed by atoms with Crippen molar-refractivity contribution in [3.8, 4) is 0 Å². The van der Waals surface area contributed by atoms with Gasteiger partial charge in [0, 0.05) is 38.4 Å². The fourth-order valence-corrected chi connectivity index (χ4v) is 2.89. The summed E-state index contributed by atoms with van der Waals surface area (Å²) in [4.78, 5) is 16.5. The van der Waals surface area contributed by atoms with Gasteiger partial charge in [-0.3, -0.25) is 14.6 Å². The van der Waals surface area contributed by atoms with Crippen LogP contribution in [0.5, 0.6) is 0 Å². The summed E-state index contributed by atoms with van der Waals surface area (Å²) < 4.78 is 25.8. The fraction of sp³-hybridized carbons (Fsp3) is 0.316. The molecule has 1 fully saturated rings. The number of hydrogen-bond donors (Lipinski definition) is 1. The Morgan fingerprint density at radius 3 is 1.96 bits per heavy atom. The highest BCUT2D eigenvalue weighted by atomic mass is 19.1. The summed E-state index contributed by atoms with van der Waals surface area (Å²) in [7, 11) is 0. The highest BCUT2D eigenvalue weighted by Gasteiger charge is 2.19. The van der Waals surface area contributed by atoms with E-state index < -0.39 is 0 Å². The molecule has 2 aromatic carbocycles. The molecule has 1 aliphatic rings. The fourth-order valence-electron chi connectivity index (χ4n) is 2.89. The molecule has 2 aromatic rings. The number of benzene rings is 2. The third kappa shape index (κ3) is 5.34. The predicted octanol–water partition coefficient (Wildman–Crippen LogP) is 2.72. The maximum atomic E-state index is 12.9. The minimum atomic E-state index is -0.324. The van der Waals surface area contributed by atoms with Gasteiger partial charge in [0.25, 0.3) is 0 Å². The molecule has 132 valence electrons. The summed E-state index contributed by atoms with van der Waals surface area (Å²) in [5.74, 6) is -0.644. The van der Waals surface area contributed by atoms with E-state index in [1.54, 1.807) is 24.3 Å². The molecule has 0 spiro atoms. The van der Waals surface area contributed by atoms with Crippen molar-refractivity contribution < 1.29 is 13.6 Å². The van der Waals surface area contributed by atoms with Gasteiger partial charge in [-0.15, -0.1) is 0 Å². The Bertz CT molecular complexity index is 696. The molecule has 0 bridgehead atoms. The molecular weight excluding hydrogens is 324 g/mol. The minimum absolute atomic E-state index is 0.0985. The molecule has 6 heteroatoms. The lowest BCUT2D eigenvalue weighted by Gasteiger charge is -2.34. The number of carbonyl (C=O) groups excluding carboxylic acids is 1. The van der Waals surface area contributed by atoms with Gasteiger partial charge in [-0.1, -0.05) is 12.1 Å². The summed E-state index contributed by atoms with van der Waals surface area (Å²) in [5, 5.41) is 2.78. The number of halogens is 2. The third-order valence-electron chi connectivity index (χ3n) is 4.28. The van der Waals surface area contributed by atoms with E-state index >= 15 is 0 Å². The second-order valence-electron chi connectivity index (χ2n) is 6.23. The van der Waals surface area contributed by atoms with Crippen LogP contribution in [0.2, 0.25) is 0 Å². The van der Waals surface area contributed by atoms with Gasteiger partial charge in [-0.25, -0.2) is 8.78 Å². The first-order chi connectivity index (χ1) is 12.1. The number of anilines is 1. The Kier molecular flexibility index (Phi) is 5.73. The molecule has 4 nitrogen and oxygen atoms in total. The first kappa shape index (κ1) is 17.5. The van der Waals surface area contributed by atoms with E-state index in [9.17, 15) is 13.6 Å². The van der Waals surface area contributed by atoms with Gasteiger partial charge in [0.1, 0.15) is 11.6 Å². The van der Waals surface area contributed by atoms with Crippen molar-refractivity contribution >= 4 is 11.6 Å². The Morgan fingerprint density at radius 2 is 1.36 bits per heavy atom. The summed E-state index contributed by atoms with van der Waals surface area (Å²) in [6, 6.07) is 12.3. The average Bonchev–Trinajstić information content (AvgIpc) is 2.61. The van der Waals surface area contributed by atoms with Crippen LogP contribution in [0, 0.1) is 11.6 Å². The molecule has 0 radical (unpaired) electrons. The van der Waals surface area contributed by atoms with Gasteiger partial charge in [0.15, 0.2) is 0 Å². The topological polar surface area (TPSA) is 35.6 Å². The Morgan fingerprint density at radius 1 is 0.840 bits per heavy atom. The predicted molar refractivity (Wildman–Crippen MR) is 93.1 cm³/mol. The second kappa shape index (κ2) is 8.18. The molecule has 0 aliphatic carbocycles. The molecule has 0 atom stereocenters. The zero-order chi connectivity index (χ0) is 17.6. The number of nitrogens with one attached hydrogen (secondary N) is 1. The lowest BCUT2D eigenvalue weighted by molar-refractivity contribution is -0.117. The van der Waals surface area contributed by atoms with E-state index in [-0.39, 0.29) is 17.5 Å². The van der Waals surface area contributed by atoms with Gasteiger partial charge >= 0.3 is 0 Å². The van der Waals surface area contributed by atoms with Crippen LogP contribution in [-0.4, -0.2) is 48.4 Å². The number of nitrogens with zero attached hydrogens (tertiary/aromatic N) is 2. The molecule has 1 N–H and O–H groups in total. The molecule has 0 saturated carbocycles. The van der Waals surface area contributed by atoms with Crippen LogP contribution < -0.4 is 5.32 Å². The van der Waals surface area contributed by atoms with Gasteiger partial charge in [-0.2, -0.15) is 0 Å². The van der Waals surface area contributed by atoms with Crippen LogP contribution in [0.3, 0.4) is 0 Å². The van der Waals surface area contributed by atoms with Gasteiger partial charge in [0.05, 0.1) is 6.54 Å². The first-order valence-electron chi connectivity index (χ1n) is 8.33. The maximum Gasteiger partial charge on any atom is 0.238 e. The van der Waals surface area contributed by atoms with Crippen molar-refractivity contribution in [3.05, 3.63) is 65.7 Å². The van der Waals surface area contributed by atoms with Gasteiger partial charge < -0.3 is 5.32 Å². The monoisotopic (exact) mass is 345 g/mol. The number of amides is 1. The zero-order valence-corrected chi connectivity index (χ0v) is 13.9. The summed E-state index contributed by atoms with van der Waals surface area (Å²) in [6.07, 6.45) is 0. The number of rotatable bonds is 5. The van der Waals surface area contributed by atoms with E-state index in [1.807, 2.05) is 0 Å². The average molecular weight is 345 g/mol. The molecule has 1 saturated heterocycles. The molecule has 0 aromatic heterocycles. The first-order valence-corrected chi connectivity index (χ1v) is 8.33. The highest BCUT2D eigenvalue weighted by molar-refractivity contribution is 5.92. The smallest absolute Gasteiger partial charge is 0.238 e. The molecule has 25 heavy (non-hydrogen) atoms. The lowest BCUT2D eigenvalue weighted by atomic mass is 10.2. The summed E-state index contributed by atoms with van der Waals surface area (Å²) in [6.45, 7) is 4.44. The SMILES string of the molecule is O=C(CN1CCN(Cc2ccc(F)cc2)CC1)Nc1ccc(F)cc1. The minimum Gasteiger partial charge on any atom is -0.325 e. The number of carbonyl (C=O) groups is 1. The van der Waals surface area contributed by atoms with Crippen LogP contribution in [0.4, 0.5) is 14.5 Å². The summed E-state index contributed by atoms with van der Waals surface area (Å²) in [5.41, 5.74) is 1.69. The molecule has 1 amide bonds. The lowest BCUT2D eigenvalue weighted by Crippen LogP contribution is -2.48. The van der Waals surface area contributed by atoms with Crippen molar-refractivity contribution in [1.82, 2.24) is 9.80 Å². The van der Waals surface area contributed by atoms with Crippen LogP contribution in [-0.2, 0) is 11.3 Å². The molecule has 1 aliphatic heterocycles. The standard InChI is InChI=1S/C19H21F2N3O/c20-16-3-1-15(2-4-16)13-23-9-11-24(12-10-23)14-19(25)22-18-7-5-17(21)6-8-18/h1-8H,9-14H2,(H,22,25). The van der Waals surface area contributed by atoms with Gasteiger partial charge in [0.2, 0.25) is 5.91 Å². The van der Waals surface area contributed by atoms with Crippen LogP contribution in [0.15, 0.2) is 48.5 Å². The Labute approximate surface area is 146 Å². The van der Waals surface area contributed by atoms with Crippen molar-refractivity contribution in [2.24, 2.45) is 0 Å². The van der Waals surface area contributed by atoms with Crippen molar-refractivity contribution in [2.75, 3.05) is 38.0 Å². The maximum absolute atomic E-state index is 12.9. The summed E-state index contributed by atoms with van der Waals surface area (Å²) >= 11 is 0. The van der Waals surface area contributed by atoms with E-state index in [0.717, 1.165) is 38.3 Å². The Balaban J connectivity index is 1.42. The van der Waals surface area contributed by atoms with Crippen molar-refractivity contribution in [3.63, 3.8) is 0 Å². The van der Waals surface area contributed by atoms with Gasteiger partial charge in [-0.05, 0) is 42.0 Å². The largest absolute Gasteiger partial charge is 0.325 e.